The van der Waals surface area contributed by atoms with E-state index in [1.54, 1.807) is 6.07 Å². The van der Waals surface area contributed by atoms with Crippen molar-refractivity contribution in [1.82, 2.24) is 10.2 Å². The minimum Gasteiger partial charge on any atom is -0.495 e. The van der Waals surface area contributed by atoms with Crippen molar-refractivity contribution in [2.45, 2.75) is 52.2 Å². The van der Waals surface area contributed by atoms with Crippen molar-refractivity contribution in [2.75, 3.05) is 24.2 Å². The third-order valence-corrected chi connectivity index (χ3v) is 7.78. The highest BCUT2D eigenvalue weighted by Gasteiger charge is 2.34. The molecule has 0 saturated carbocycles. The molecule has 41 heavy (non-hydrogen) atoms. The van der Waals surface area contributed by atoms with E-state index in [4.69, 9.17) is 16.3 Å². The van der Waals surface area contributed by atoms with Gasteiger partial charge in [-0.2, -0.15) is 0 Å². The molecule has 3 aromatic rings. The van der Waals surface area contributed by atoms with Crippen LogP contribution in [-0.4, -0.2) is 56.6 Å². The Balaban J connectivity index is 2.08. The number of benzene rings is 3. The Kier molecular flexibility index (Phi) is 10.4. The van der Waals surface area contributed by atoms with Crippen LogP contribution in [0.4, 0.5) is 5.69 Å². The molecule has 0 heterocycles. The first kappa shape index (κ1) is 32.0. The number of hydrogen-bond acceptors (Lipinski definition) is 5. The maximum atomic E-state index is 14.1. The van der Waals surface area contributed by atoms with Crippen LogP contribution in [0.2, 0.25) is 5.02 Å². The van der Waals surface area contributed by atoms with Crippen LogP contribution >= 0.6 is 11.6 Å². The Labute approximate surface area is 248 Å². The molecule has 0 aliphatic heterocycles. The van der Waals surface area contributed by atoms with Gasteiger partial charge in [0, 0.05) is 18.5 Å². The lowest BCUT2D eigenvalue weighted by molar-refractivity contribution is -0.140. The van der Waals surface area contributed by atoms with Crippen LogP contribution in [0.3, 0.4) is 0 Å². The minimum absolute atomic E-state index is 0.106. The lowest BCUT2D eigenvalue weighted by atomic mass is 10.0. The van der Waals surface area contributed by atoms with Gasteiger partial charge in [-0.25, -0.2) is 8.42 Å². The fourth-order valence-electron chi connectivity index (χ4n) is 4.32. The summed E-state index contributed by atoms with van der Waals surface area (Å²) in [5.74, 6) is -0.494. The Morgan fingerprint density at radius 1 is 0.976 bits per heavy atom. The van der Waals surface area contributed by atoms with E-state index in [1.807, 2.05) is 82.3 Å². The summed E-state index contributed by atoms with van der Waals surface area (Å²) in [4.78, 5) is 29.4. The van der Waals surface area contributed by atoms with Gasteiger partial charge in [0.15, 0.2) is 0 Å². The SMILES string of the molecule is COc1ccc(N(CC(=O)N(Cc2ccc(C)cc2)C(Cc2ccccc2)C(=O)NC(C)(C)C)S(C)(=O)=O)cc1Cl. The van der Waals surface area contributed by atoms with Gasteiger partial charge in [0.05, 0.1) is 24.1 Å². The van der Waals surface area contributed by atoms with Gasteiger partial charge >= 0.3 is 0 Å². The topological polar surface area (TPSA) is 96.0 Å². The molecule has 0 bridgehead atoms. The second-order valence-electron chi connectivity index (χ2n) is 11.0. The molecule has 0 aliphatic rings. The molecule has 220 valence electrons. The molecule has 10 heteroatoms. The molecular formula is C31H38ClN3O5S. The third kappa shape index (κ3) is 9.23. The van der Waals surface area contributed by atoms with Crippen molar-refractivity contribution in [3.8, 4) is 5.75 Å². The highest BCUT2D eigenvalue weighted by atomic mass is 35.5. The zero-order valence-electron chi connectivity index (χ0n) is 24.3. The number of ether oxygens (including phenoxy) is 1. The summed E-state index contributed by atoms with van der Waals surface area (Å²) < 4.78 is 32.1. The third-order valence-electron chi connectivity index (χ3n) is 6.35. The van der Waals surface area contributed by atoms with Crippen LogP contribution in [0.25, 0.3) is 0 Å². The summed E-state index contributed by atoms with van der Waals surface area (Å²) in [6.45, 7) is 7.16. The van der Waals surface area contributed by atoms with Crippen LogP contribution in [0.5, 0.6) is 5.75 Å². The molecule has 1 unspecified atom stereocenters. The fourth-order valence-corrected chi connectivity index (χ4v) is 5.41. The van der Waals surface area contributed by atoms with E-state index in [9.17, 15) is 18.0 Å². The predicted molar refractivity (Wildman–Crippen MR) is 164 cm³/mol. The van der Waals surface area contributed by atoms with Crippen molar-refractivity contribution in [3.63, 3.8) is 0 Å². The van der Waals surface area contributed by atoms with E-state index < -0.39 is 34.1 Å². The van der Waals surface area contributed by atoms with E-state index in [0.29, 0.717) is 5.75 Å². The molecule has 1 atom stereocenters. The highest BCUT2D eigenvalue weighted by molar-refractivity contribution is 7.92. The highest BCUT2D eigenvalue weighted by Crippen LogP contribution is 2.30. The molecule has 0 fully saturated rings. The maximum Gasteiger partial charge on any atom is 0.244 e. The second-order valence-corrected chi connectivity index (χ2v) is 13.4. The molecule has 1 N–H and O–H groups in total. The largest absolute Gasteiger partial charge is 0.495 e. The normalized spacial score (nSPS) is 12.4. The van der Waals surface area contributed by atoms with Crippen LogP contribution in [-0.2, 0) is 32.6 Å². The Morgan fingerprint density at radius 3 is 2.15 bits per heavy atom. The smallest absolute Gasteiger partial charge is 0.244 e. The molecule has 0 aliphatic carbocycles. The van der Waals surface area contributed by atoms with Crippen LogP contribution in [0.15, 0.2) is 72.8 Å². The molecule has 0 radical (unpaired) electrons. The minimum atomic E-state index is -3.91. The van der Waals surface area contributed by atoms with Crippen molar-refractivity contribution in [3.05, 3.63) is 94.5 Å². The lowest BCUT2D eigenvalue weighted by Gasteiger charge is -2.35. The van der Waals surface area contributed by atoms with Crippen LogP contribution < -0.4 is 14.4 Å². The van der Waals surface area contributed by atoms with Crippen molar-refractivity contribution < 1.29 is 22.7 Å². The summed E-state index contributed by atoms with van der Waals surface area (Å²) in [7, 11) is -2.45. The standard InChI is InChI=1S/C31H38ClN3O5S/c1-22-12-14-24(15-13-22)20-34(27(30(37)33-31(2,3)4)18-23-10-8-7-9-11-23)29(36)21-35(41(6,38)39)25-16-17-28(40-5)26(32)19-25/h7-17,19,27H,18,20-21H2,1-6H3,(H,33,37). The number of amides is 2. The van der Waals surface area contributed by atoms with Crippen molar-refractivity contribution >= 4 is 39.1 Å². The average molecular weight is 600 g/mol. The first-order valence-electron chi connectivity index (χ1n) is 13.2. The number of hydrogen-bond donors (Lipinski definition) is 1. The van der Waals surface area contributed by atoms with E-state index in [-0.39, 0.29) is 29.6 Å². The summed E-state index contributed by atoms with van der Waals surface area (Å²) in [5, 5.41) is 3.21. The van der Waals surface area contributed by atoms with E-state index >= 15 is 0 Å². The van der Waals surface area contributed by atoms with Gasteiger partial charge in [-0.1, -0.05) is 71.8 Å². The number of carbonyl (C=O) groups is 2. The van der Waals surface area contributed by atoms with E-state index in [1.165, 1.54) is 24.1 Å². The first-order chi connectivity index (χ1) is 19.2. The first-order valence-corrected chi connectivity index (χ1v) is 15.4. The average Bonchev–Trinajstić information content (AvgIpc) is 2.89. The predicted octanol–water partition coefficient (Wildman–Crippen LogP) is 4.98. The molecule has 0 aromatic heterocycles. The molecule has 2 amide bonds. The number of anilines is 1. The van der Waals surface area contributed by atoms with Crippen LogP contribution in [0, 0.1) is 6.92 Å². The van der Waals surface area contributed by atoms with Gasteiger partial charge in [0.25, 0.3) is 0 Å². The molecule has 0 saturated heterocycles. The zero-order chi connectivity index (χ0) is 30.4. The van der Waals surface area contributed by atoms with Crippen LogP contribution in [0.1, 0.15) is 37.5 Å². The lowest BCUT2D eigenvalue weighted by Crippen LogP contribution is -2.56. The Hall–Kier alpha value is -3.56. The second kappa shape index (κ2) is 13.4. The molecule has 8 nitrogen and oxygen atoms in total. The quantitative estimate of drug-likeness (QED) is 0.335. The monoisotopic (exact) mass is 599 g/mol. The van der Waals surface area contributed by atoms with Gasteiger partial charge in [0.2, 0.25) is 21.8 Å². The van der Waals surface area contributed by atoms with Crippen molar-refractivity contribution in [2.24, 2.45) is 0 Å². The summed E-state index contributed by atoms with van der Waals surface area (Å²) in [5.41, 5.74) is 2.39. The number of aryl methyl sites for hydroxylation is 1. The summed E-state index contributed by atoms with van der Waals surface area (Å²) >= 11 is 6.29. The van der Waals surface area contributed by atoms with Gasteiger partial charge in [0.1, 0.15) is 18.3 Å². The van der Waals surface area contributed by atoms with E-state index in [2.05, 4.69) is 5.32 Å². The number of methoxy groups -OCH3 is 1. The molecular weight excluding hydrogens is 562 g/mol. The molecule has 3 aromatic carbocycles. The number of nitrogens with zero attached hydrogens (tertiary/aromatic N) is 2. The maximum absolute atomic E-state index is 14.1. The number of sulfonamides is 1. The van der Waals surface area contributed by atoms with E-state index in [0.717, 1.165) is 27.3 Å². The summed E-state index contributed by atoms with van der Waals surface area (Å²) in [6, 6.07) is 20.7. The fraction of sp³-hybridized carbons (Fsp3) is 0.355. The number of nitrogens with one attached hydrogen (secondary N) is 1. The van der Waals surface area contributed by atoms with Gasteiger partial charge in [-0.3, -0.25) is 13.9 Å². The zero-order valence-corrected chi connectivity index (χ0v) is 25.9. The summed E-state index contributed by atoms with van der Waals surface area (Å²) in [6.07, 6.45) is 1.27. The van der Waals surface area contributed by atoms with Gasteiger partial charge < -0.3 is 15.0 Å². The number of carbonyl (C=O) groups excluding carboxylic acids is 2. The van der Waals surface area contributed by atoms with Crippen molar-refractivity contribution in [1.29, 1.82) is 0 Å². The molecule has 0 spiro atoms. The molecule has 3 rings (SSSR count). The van der Waals surface area contributed by atoms with Gasteiger partial charge in [-0.15, -0.1) is 0 Å². The van der Waals surface area contributed by atoms with Gasteiger partial charge in [-0.05, 0) is 57.0 Å². The number of rotatable bonds is 11. The Bertz CT molecular complexity index is 1460. The number of halogens is 1. The Morgan fingerprint density at radius 2 is 1.61 bits per heavy atom.